The van der Waals surface area contributed by atoms with Gasteiger partial charge in [-0.05, 0) is 73.4 Å². The van der Waals surface area contributed by atoms with Crippen molar-refractivity contribution in [2.45, 2.75) is 87.1 Å². The minimum Gasteiger partial charge on any atom is -0.475 e. The molecule has 0 unspecified atom stereocenters. The number of hydrogen-bond acceptors (Lipinski definition) is 4. The summed E-state index contributed by atoms with van der Waals surface area (Å²) in [4.78, 5) is 21.8. The van der Waals surface area contributed by atoms with E-state index in [1.54, 1.807) is 24.3 Å². The molecular formula is C28H35F3N2O5S. The lowest BCUT2D eigenvalue weighted by molar-refractivity contribution is -0.192. The van der Waals surface area contributed by atoms with Gasteiger partial charge in [0.15, 0.2) is 0 Å². The second kappa shape index (κ2) is 12.8. The van der Waals surface area contributed by atoms with Crippen molar-refractivity contribution in [3.05, 3.63) is 59.7 Å². The number of hydrogen-bond donors (Lipinski definition) is 3. The van der Waals surface area contributed by atoms with Crippen molar-refractivity contribution in [2.24, 2.45) is 0 Å². The van der Waals surface area contributed by atoms with E-state index in [0.717, 1.165) is 31.2 Å². The number of carboxylic acid groups (broad SMARTS) is 1. The minimum atomic E-state index is -5.08. The highest BCUT2D eigenvalue weighted by Crippen LogP contribution is 2.48. The number of halogens is 3. The normalized spacial score (nSPS) is 16.9. The van der Waals surface area contributed by atoms with Gasteiger partial charge in [0.25, 0.3) is 10.0 Å². The zero-order chi connectivity index (χ0) is 28.7. The smallest absolute Gasteiger partial charge is 0.475 e. The van der Waals surface area contributed by atoms with Crippen LogP contribution in [0.15, 0.2) is 53.4 Å². The Morgan fingerprint density at radius 2 is 1.54 bits per heavy atom. The zero-order valence-corrected chi connectivity index (χ0v) is 22.7. The Hall–Kier alpha value is -3.08. The van der Waals surface area contributed by atoms with Crippen molar-refractivity contribution >= 4 is 27.6 Å². The number of aliphatic carboxylic acids is 1. The molecule has 0 saturated heterocycles. The number of carbonyl (C=O) groups excluding carboxylic acids is 1. The molecule has 2 aromatic carbocycles. The van der Waals surface area contributed by atoms with E-state index in [1.165, 1.54) is 37.7 Å². The van der Waals surface area contributed by atoms with E-state index in [1.807, 2.05) is 24.3 Å². The number of nitrogens with one attached hydrogen (secondary N) is 2. The van der Waals surface area contributed by atoms with Gasteiger partial charge in [0.05, 0.1) is 10.3 Å². The summed E-state index contributed by atoms with van der Waals surface area (Å²) < 4.78 is 60.1. The predicted molar refractivity (Wildman–Crippen MR) is 142 cm³/mol. The Morgan fingerprint density at radius 1 is 0.974 bits per heavy atom. The molecule has 4 rings (SSSR count). The number of carbonyl (C=O) groups is 2. The molecule has 1 amide bonds. The van der Waals surface area contributed by atoms with E-state index < -0.39 is 27.6 Å². The average molecular weight is 569 g/mol. The summed E-state index contributed by atoms with van der Waals surface area (Å²) in [5, 5.41) is 10.2. The maximum absolute atomic E-state index is 12.9. The first-order chi connectivity index (χ1) is 18.4. The first-order valence-corrected chi connectivity index (χ1v) is 14.7. The summed E-state index contributed by atoms with van der Waals surface area (Å²) >= 11 is 0. The second-order valence-electron chi connectivity index (χ2n) is 10.1. The highest BCUT2D eigenvalue weighted by Gasteiger charge is 2.51. The molecule has 2 aliphatic carbocycles. The molecule has 2 aliphatic rings. The van der Waals surface area contributed by atoms with Crippen molar-refractivity contribution in [3.8, 4) is 0 Å². The quantitative estimate of drug-likeness (QED) is 0.316. The summed E-state index contributed by atoms with van der Waals surface area (Å²) in [6.45, 7) is 2.80. The van der Waals surface area contributed by atoms with Crippen LogP contribution in [0.5, 0.6) is 0 Å². The molecule has 39 heavy (non-hydrogen) atoms. The number of alkyl halides is 3. The number of benzene rings is 2. The van der Waals surface area contributed by atoms with Crippen molar-refractivity contribution in [1.29, 1.82) is 0 Å². The van der Waals surface area contributed by atoms with Crippen LogP contribution in [0.2, 0.25) is 0 Å². The summed E-state index contributed by atoms with van der Waals surface area (Å²) in [6, 6.07) is 14.6. The Labute approximate surface area is 227 Å². The lowest BCUT2D eigenvalue weighted by Crippen LogP contribution is -2.35. The molecule has 7 nitrogen and oxygen atoms in total. The van der Waals surface area contributed by atoms with Gasteiger partial charge >= 0.3 is 12.1 Å². The average Bonchev–Trinajstić information content (AvgIpc) is 3.72. The molecule has 2 fully saturated rings. The van der Waals surface area contributed by atoms with Gasteiger partial charge in [-0.1, -0.05) is 56.9 Å². The van der Waals surface area contributed by atoms with Gasteiger partial charge < -0.3 is 10.4 Å². The Bertz CT molecular complexity index is 1220. The van der Waals surface area contributed by atoms with E-state index in [0.29, 0.717) is 18.2 Å². The molecule has 0 heterocycles. The van der Waals surface area contributed by atoms with Crippen molar-refractivity contribution < 1.29 is 36.3 Å². The minimum absolute atomic E-state index is 0.0809. The van der Waals surface area contributed by atoms with E-state index in [4.69, 9.17) is 9.90 Å². The van der Waals surface area contributed by atoms with Crippen LogP contribution >= 0.6 is 0 Å². The molecule has 214 valence electrons. The van der Waals surface area contributed by atoms with Gasteiger partial charge in [-0.25, -0.2) is 13.2 Å². The number of anilines is 1. The lowest BCUT2D eigenvalue weighted by Gasteiger charge is -2.22. The summed E-state index contributed by atoms with van der Waals surface area (Å²) in [7, 11) is -3.65. The van der Waals surface area contributed by atoms with Crippen molar-refractivity contribution in [2.75, 3.05) is 11.3 Å². The molecule has 0 bridgehead atoms. The number of carboxylic acids is 1. The topological polar surface area (TPSA) is 113 Å². The Morgan fingerprint density at radius 3 is 2.03 bits per heavy atom. The fraction of sp³-hybridized carbons (Fsp3) is 0.500. The highest BCUT2D eigenvalue weighted by molar-refractivity contribution is 7.92. The molecule has 0 aliphatic heterocycles. The van der Waals surface area contributed by atoms with E-state index in [9.17, 15) is 26.4 Å². The molecule has 0 atom stereocenters. The first kappa shape index (κ1) is 30.5. The van der Waals surface area contributed by atoms with E-state index >= 15 is 0 Å². The van der Waals surface area contributed by atoms with Gasteiger partial charge in [-0.2, -0.15) is 13.2 Å². The van der Waals surface area contributed by atoms with Crippen LogP contribution in [0.25, 0.3) is 0 Å². The van der Waals surface area contributed by atoms with E-state index in [2.05, 4.69) is 17.0 Å². The first-order valence-electron chi connectivity index (χ1n) is 13.2. The Balaban J connectivity index is 0.000000532. The number of rotatable bonds is 9. The number of unbranched alkanes of at least 4 members (excludes halogenated alkanes) is 1. The van der Waals surface area contributed by atoms with Gasteiger partial charge in [0.2, 0.25) is 5.91 Å². The number of amides is 1. The van der Waals surface area contributed by atoms with Crippen LogP contribution in [0.4, 0.5) is 18.9 Å². The molecule has 11 heteroatoms. The lowest BCUT2D eigenvalue weighted by atomic mass is 9.84. The summed E-state index contributed by atoms with van der Waals surface area (Å²) in [6.07, 6.45) is 4.80. The van der Waals surface area contributed by atoms with Gasteiger partial charge in [-0.15, -0.1) is 0 Å². The van der Waals surface area contributed by atoms with Crippen LogP contribution < -0.4 is 10.0 Å². The molecule has 0 aromatic heterocycles. The van der Waals surface area contributed by atoms with Gasteiger partial charge in [0, 0.05) is 12.2 Å². The SMILES string of the molecule is CCCCNC(=O)C1(c2ccc(NS(=O)(=O)c3ccc(C4CCCCC4)cc3)cc2)CC1.O=C(O)C(F)(F)F. The second-order valence-corrected chi connectivity index (χ2v) is 11.8. The fourth-order valence-corrected chi connectivity index (χ4v) is 5.80. The molecule has 2 aromatic rings. The van der Waals surface area contributed by atoms with Crippen LogP contribution in [-0.4, -0.2) is 38.1 Å². The van der Waals surface area contributed by atoms with Gasteiger partial charge in [0.1, 0.15) is 0 Å². The van der Waals surface area contributed by atoms with Crippen LogP contribution in [-0.2, 0) is 25.0 Å². The molecule has 3 N–H and O–H groups in total. The number of sulfonamides is 1. The third-order valence-electron chi connectivity index (χ3n) is 7.20. The standard InChI is InChI=1S/C26H34N2O3S.C2HF3O2/c1-2-3-19-27-25(29)26(17-18-26)22-11-13-23(14-12-22)28-32(30,31)24-15-9-21(10-16-24)20-7-5-4-6-8-20;3-2(4,5)1(6)7/h9-16,20,28H,2-8,17-19H2,1H3,(H,27,29);(H,6,7). The largest absolute Gasteiger partial charge is 0.490 e. The highest BCUT2D eigenvalue weighted by atomic mass is 32.2. The maximum Gasteiger partial charge on any atom is 0.490 e. The monoisotopic (exact) mass is 568 g/mol. The van der Waals surface area contributed by atoms with Crippen molar-refractivity contribution in [3.63, 3.8) is 0 Å². The molecule has 0 radical (unpaired) electrons. The third-order valence-corrected chi connectivity index (χ3v) is 8.60. The maximum atomic E-state index is 12.9. The molecule has 2 saturated carbocycles. The predicted octanol–water partition coefficient (Wildman–Crippen LogP) is 6.12. The summed E-state index contributed by atoms with van der Waals surface area (Å²) in [5.74, 6) is -2.13. The third kappa shape index (κ3) is 8.20. The zero-order valence-electron chi connectivity index (χ0n) is 21.9. The van der Waals surface area contributed by atoms with Crippen LogP contribution in [0.3, 0.4) is 0 Å². The van der Waals surface area contributed by atoms with E-state index in [-0.39, 0.29) is 10.8 Å². The van der Waals surface area contributed by atoms with Crippen LogP contribution in [0, 0.1) is 0 Å². The van der Waals surface area contributed by atoms with Crippen molar-refractivity contribution in [1.82, 2.24) is 5.32 Å². The van der Waals surface area contributed by atoms with Crippen LogP contribution in [0.1, 0.15) is 81.8 Å². The fourth-order valence-electron chi connectivity index (χ4n) is 4.75. The molecule has 0 spiro atoms. The Kier molecular flexibility index (Phi) is 10.0. The van der Waals surface area contributed by atoms with Gasteiger partial charge in [-0.3, -0.25) is 9.52 Å². The summed E-state index contributed by atoms with van der Waals surface area (Å²) in [5.41, 5.74) is 2.25. The molecular weight excluding hydrogens is 533 g/mol.